The van der Waals surface area contributed by atoms with E-state index in [9.17, 15) is 13.6 Å². The third-order valence-corrected chi connectivity index (χ3v) is 2.43. The molecule has 0 aliphatic rings. The number of unbranched alkanes of at least 4 members (excludes halogenated alkanes) is 1. The molecule has 0 aliphatic heterocycles. The fraction of sp³-hybridized carbons (Fsp3) is 0.417. The highest BCUT2D eigenvalue weighted by Gasteiger charge is 2.08. The predicted octanol–water partition coefficient (Wildman–Crippen LogP) is 3.04. The van der Waals surface area contributed by atoms with Crippen molar-refractivity contribution < 1.29 is 18.3 Å². The van der Waals surface area contributed by atoms with Gasteiger partial charge in [0.2, 0.25) is 0 Å². The topological polar surface area (TPSA) is 38.3 Å². The third kappa shape index (κ3) is 5.31. The van der Waals surface area contributed by atoms with Crippen molar-refractivity contribution in [1.29, 1.82) is 0 Å². The number of carbonyl (C=O) groups is 1. The molecule has 18 heavy (non-hydrogen) atoms. The van der Waals surface area contributed by atoms with Crippen molar-refractivity contribution in [2.45, 2.75) is 19.5 Å². The summed E-state index contributed by atoms with van der Waals surface area (Å²) in [6.07, 6.45) is 1.60. The van der Waals surface area contributed by atoms with Crippen LogP contribution in [-0.4, -0.2) is 24.9 Å². The summed E-state index contributed by atoms with van der Waals surface area (Å²) >= 11 is 5.50. The van der Waals surface area contributed by atoms with E-state index < -0.39 is 6.61 Å². The summed E-state index contributed by atoms with van der Waals surface area (Å²) in [6.45, 7) is -2.39. The second-order valence-electron chi connectivity index (χ2n) is 3.56. The lowest BCUT2D eigenvalue weighted by Crippen LogP contribution is -2.24. The normalized spacial score (nSPS) is 10.4. The van der Waals surface area contributed by atoms with Gasteiger partial charge in [-0.3, -0.25) is 4.79 Å². The Balaban J connectivity index is 2.51. The Morgan fingerprint density at radius 2 is 2.17 bits per heavy atom. The zero-order chi connectivity index (χ0) is 13.4. The molecule has 0 unspecified atom stereocenters. The molecule has 0 spiro atoms. The molecular formula is C12H14ClF2NO2. The van der Waals surface area contributed by atoms with Gasteiger partial charge in [0.15, 0.2) is 0 Å². The van der Waals surface area contributed by atoms with E-state index in [4.69, 9.17) is 11.6 Å². The minimum atomic E-state index is -2.90. The first kappa shape index (κ1) is 14.7. The minimum Gasteiger partial charge on any atom is -0.435 e. The zero-order valence-corrected chi connectivity index (χ0v) is 10.4. The second-order valence-corrected chi connectivity index (χ2v) is 3.94. The van der Waals surface area contributed by atoms with Crippen molar-refractivity contribution in [3.63, 3.8) is 0 Å². The van der Waals surface area contributed by atoms with Crippen molar-refractivity contribution >= 4 is 17.5 Å². The summed E-state index contributed by atoms with van der Waals surface area (Å²) in [4.78, 5) is 11.7. The van der Waals surface area contributed by atoms with Gasteiger partial charge in [-0.25, -0.2) is 0 Å². The molecule has 1 aromatic rings. The molecule has 1 aromatic carbocycles. The highest BCUT2D eigenvalue weighted by Crippen LogP contribution is 2.15. The summed E-state index contributed by atoms with van der Waals surface area (Å²) in [5.74, 6) is 0.204. The molecule has 0 fully saturated rings. The molecule has 0 heterocycles. The molecule has 0 saturated carbocycles. The Bertz CT molecular complexity index is 388. The number of carbonyl (C=O) groups excluding carboxylic acids is 1. The minimum absolute atomic E-state index is 0.0293. The van der Waals surface area contributed by atoms with Crippen LogP contribution in [0.3, 0.4) is 0 Å². The lowest BCUT2D eigenvalue weighted by atomic mass is 10.2. The number of hydrogen-bond donors (Lipinski definition) is 1. The number of amides is 1. The second kappa shape index (κ2) is 7.87. The van der Waals surface area contributed by atoms with E-state index in [-0.39, 0.29) is 11.7 Å². The number of hydrogen-bond acceptors (Lipinski definition) is 2. The Kier molecular flexibility index (Phi) is 6.43. The lowest BCUT2D eigenvalue weighted by Gasteiger charge is -2.07. The fourth-order valence-corrected chi connectivity index (χ4v) is 1.53. The molecule has 0 saturated heterocycles. The smallest absolute Gasteiger partial charge is 0.387 e. The molecule has 1 N–H and O–H groups in total. The van der Waals surface area contributed by atoms with Crippen molar-refractivity contribution in [2.75, 3.05) is 12.4 Å². The molecule has 0 atom stereocenters. The molecule has 1 amide bonds. The first-order valence-corrected chi connectivity index (χ1v) is 6.06. The van der Waals surface area contributed by atoms with Gasteiger partial charge in [-0.05, 0) is 31.0 Å². The van der Waals surface area contributed by atoms with E-state index >= 15 is 0 Å². The maximum Gasteiger partial charge on any atom is 0.387 e. The van der Waals surface area contributed by atoms with Crippen molar-refractivity contribution in [3.05, 3.63) is 29.8 Å². The van der Waals surface area contributed by atoms with Gasteiger partial charge in [-0.1, -0.05) is 6.07 Å². The van der Waals surface area contributed by atoms with Gasteiger partial charge in [-0.15, -0.1) is 11.6 Å². The standard InChI is InChI=1S/C12H14ClF2NO2/c13-6-1-2-7-16-11(17)9-4-3-5-10(8-9)18-12(14)15/h3-5,8,12H,1-2,6-7H2,(H,16,17). The number of benzene rings is 1. The van der Waals surface area contributed by atoms with E-state index in [2.05, 4.69) is 10.1 Å². The molecule has 1 rings (SSSR count). The highest BCUT2D eigenvalue weighted by molar-refractivity contribution is 6.17. The Morgan fingerprint density at radius 1 is 1.39 bits per heavy atom. The molecular weight excluding hydrogens is 264 g/mol. The number of ether oxygens (including phenoxy) is 1. The van der Waals surface area contributed by atoms with E-state index in [0.717, 1.165) is 12.8 Å². The monoisotopic (exact) mass is 277 g/mol. The molecule has 0 aliphatic carbocycles. The van der Waals surface area contributed by atoms with Crippen LogP contribution < -0.4 is 10.1 Å². The van der Waals surface area contributed by atoms with Gasteiger partial charge in [0, 0.05) is 18.0 Å². The van der Waals surface area contributed by atoms with Gasteiger partial charge in [0.05, 0.1) is 0 Å². The summed E-state index contributed by atoms with van der Waals surface area (Å²) in [5, 5.41) is 2.67. The molecule has 6 heteroatoms. The van der Waals surface area contributed by atoms with Crippen LogP contribution in [0.25, 0.3) is 0 Å². The zero-order valence-electron chi connectivity index (χ0n) is 9.67. The number of alkyl halides is 3. The number of halogens is 3. The highest BCUT2D eigenvalue weighted by atomic mass is 35.5. The van der Waals surface area contributed by atoms with Crippen LogP contribution in [0.4, 0.5) is 8.78 Å². The van der Waals surface area contributed by atoms with Crippen LogP contribution in [0.2, 0.25) is 0 Å². The van der Waals surface area contributed by atoms with E-state index in [1.54, 1.807) is 0 Å². The summed E-state index contributed by atoms with van der Waals surface area (Å²) < 4.78 is 28.2. The largest absolute Gasteiger partial charge is 0.435 e. The molecule has 0 bridgehead atoms. The third-order valence-electron chi connectivity index (χ3n) is 2.17. The Hall–Kier alpha value is -1.36. The Morgan fingerprint density at radius 3 is 2.83 bits per heavy atom. The summed E-state index contributed by atoms with van der Waals surface area (Å²) in [7, 11) is 0. The van der Waals surface area contributed by atoms with Crippen LogP contribution in [0.1, 0.15) is 23.2 Å². The van der Waals surface area contributed by atoms with Gasteiger partial charge in [-0.2, -0.15) is 8.78 Å². The van der Waals surface area contributed by atoms with Crippen LogP contribution in [-0.2, 0) is 0 Å². The first-order chi connectivity index (χ1) is 8.63. The SMILES string of the molecule is O=C(NCCCCCl)c1cccc(OC(F)F)c1. The van der Waals surface area contributed by atoms with Gasteiger partial charge < -0.3 is 10.1 Å². The first-order valence-electron chi connectivity index (χ1n) is 5.52. The van der Waals surface area contributed by atoms with Crippen molar-refractivity contribution in [1.82, 2.24) is 5.32 Å². The van der Waals surface area contributed by atoms with Gasteiger partial charge >= 0.3 is 6.61 Å². The summed E-state index contributed by atoms with van der Waals surface area (Å²) in [5.41, 5.74) is 0.291. The molecule has 0 radical (unpaired) electrons. The average Bonchev–Trinajstić information content (AvgIpc) is 2.34. The van der Waals surface area contributed by atoms with Crippen LogP contribution in [0.15, 0.2) is 24.3 Å². The Labute approximate surface area is 109 Å². The number of rotatable bonds is 7. The molecule has 100 valence electrons. The average molecular weight is 278 g/mol. The van der Waals surface area contributed by atoms with Crippen LogP contribution >= 0.6 is 11.6 Å². The molecule has 0 aromatic heterocycles. The quantitative estimate of drug-likeness (QED) is 0.614. The van der Waals surface area contributed by atoms with E-state index in [1.807, 2.05) is 0 Å². The summed E-state index contributed by atoms with van der Waals surface area (Å²) in [6, 6.07) is 5.68. The number of nitrogens with one attached hydrogen (secondary N) is 1. The van der Waals surface area contributed by atoms with E-state index in [0.29, 0.717) is 18.0 Å². The maximum atomic E-state index is 12.0. The maximum absolute atomic E-state index is 12.0. The predicted molar refractivity (Wildman–Crippen MR) is 65.4 cm³/mol. The lowest BCUT2D eigenvalue weighted by molar-refractivity contribution is -0.0498. The van der Waals surface area contributed by atoms with Crippen molar-refractivity contribution in [2.24, 2.45) is 0 Å². The van der Waals surface area contributed by atoms with Crippen LogP contribution in [0, 0.1) is 0 Å². The molecule has 3 nitrogen and oxygen atoms in total. The van der Waals surface area contributed by atoms with E-state index in [1.165, 1.54) is 24.3 Å². The van der Waals surface area contributed by atoms with Crippen molar-refractivity contribution in [3.8, 4) is 5.75 Å². The fourth-order valence-electron chi connectivity index (χ4n) is 1.34. The van der Waals surface area contributed by atoms with Gasteiger partial charge in [0.25, 0.3) is 5.91 Å². The van der Waals surface area contributed by atoms with Gasteiger partial charge in [0.1, 0.15) is 5.75 Å². The van der Waals surface area contributed by atoms with Crippen LogP contribution in [0.5, 0.6) is 5.75 Å².